The topological polar surface area (TPSA) is 81.3 Å². The number of nitrogens with one attached hydrogen (secondary N) is 1. The molecule has 0 spiro atoms. The normalized spacial score (nSPS) is 12.2. The number of carbonyl (C=O) groups excluding carboxylic acids is 1. The van der Waals surface area contributed by atoms with Gasteiger partial charge in [0.2, 0.25) is 11.7 Å². The molecule has 0 saturated carbocycles. The Bertz CT molecular complexity index is 1610. The molecule has 1 atom stereocenters. The van der Waals surface area contributed by atoms with E-state index in [-0.39, 0.29) is 17.3 Å². The van der Waals surface area contributed by atoms with E-state index in [1.54, 1.807) is 29.7 Å². The summed E-state index contributed by atoms with van der Waals surface area (Å²) in [5.74, 6) is -0.129. The Morgan fingerprint density at radius 2 is 1.74 bits per heavy atom. The van der Waals surface area contributed by atoms with Gasteiger partial charge in [-0.15, -0.1) is 10.2 Å². The van der Waals surface area contributed by atoms with Gasteiger partial charge in [-0.25, -0.2) is 8.96 Å². The number of fused-ring (bicyclic) bond motifs is 3. The molecule has 0 aliphatic rings. The van der Waals surface area contributed by atoms with Gasteiger partial charge in [0.1, 0.15) is 5.82 Å². The Morgan fingerprint density at radius 1 is 1.03 bits per heavy atom. The van der Waals surface area contributed by atoms with E-state index in [1.807, 2.05) is 53.8 Å². The van der Waals surface area contributed by atoms with E-state index in [1.165, 1.54) is 23.9 Å². The maximum absolute atomic E-state index is 13.5. The molecule has 9 heteroatoms. The number of rotatable bonds is 6. The molecule has 0 aliphatic heterocycles. The lowest BCUT2D eigenvalue weighted by atomic mass is 10.2. The lowest BCUT2D eigenvalue weighted by Crippen LogP contribution is -2.30. The summed E-state index contributed by atoms with van der Waals surface area (Å²) < 4.78 is 16.5. The number of benzene rings is 3. The minimum absolute atomic E-state index is 0.184. The van der Waals surface area contributed by atoms with Crippen LogP contribution >= 0.6 is 11.8 Å². The Hall–Kier alpha value is -3.98. The van der Waals surface area contributed by atoms with Crippen molar-refractivity contribution >= 4 is 34.3 Å². The quantitative estimate of drug-likeness (QED) is 0.362. The number of para-hydroxylation sites is 2. The lowest BCUT2D eigenvalue weighted by molar-refractivity contribution is -0.120. The Labute approximate surface area is 204 Å². The molecular formula is C26H22FN5O2S. The highest BCUT2D eigenvalue weighted by Gasteiger charge is 2.22. The van der Waals surface area contributed by atoms with Crippen LogP contribution in [0.4, 0.5) is 4.39 Å². The molecule has 0 aliphatic carbocycles. The van der Waals surface area contributed by atoms with Gasteiger partial charge in [-0.05, 0) is 55.3 Å². The number of nitrogens with zero attached hydrogens (tertiary/aromatic N) is 4. The van der Waals surface area contributed by atoms with Crippen molar-refractivity contribution < 1.29 is 9.18 Å². The summed E-state index contributed by atoms with van der Waals surface area (Å²) in [6, 6.07) is 20.9. The van der Waals surface area contributed by atoms with Crippen LogP contribution in [0.5, 0.6) is 0 Å². The molecule has 0 fully saturated rings. The Kier molecular flexibility index (Phi) is 6.08. The number of thioether (sulfide) groups is 1. The summed E-state index contributed by atoms with van der Waals surface area (Å²) >= 11 is 1.26. The highest BCUT2D eigenvalue weighted by Crippen LogP contribution is 2.26. The van der Waals surface area contributed by atoms with Crippen molar-refractivity contribution in [3.8, 4) is 5.69 Å². The van der Waals surface area contributed by atoms with Gasteiger partial charge in [-0.1, -0.05) is 54.2 Å². The summed E-state index contributed by atoms with van der Waals surface area (Å²) in [5, 5.41) is 12.1. The van der Waals surface area contributed by atoms with E-state index in [0.29, 0.717) is 28.4 Å². The molecular weight excluding hydrogens is 465 g/mol. The standard InChI is InChI=1S/C26H22FN5O2S/c1-16-7-3-5-9-21(16)31-24(34)20-8-4-6-10-22(20)32-25(31)29-30-26(32)35-17(2)23(33)28-15-18-11-13-19(27)14-12-18/h3-14,17H,15H2,1-2H3,(H,28,33). The first-order valence-electron chi connectivity index (χ1n) is 11.1. The fourth-order valence-corrected chi connectivity index (χ4v) is 4.81. The minimum atomic E-state index is -0.486. The number of aryl methyl sites for hydroxylation is 1. The van der Waals surface area contributed by atoms with E-state index in [9.17, 15) is 14.0 Å². The van der Waals surface area contributed by atoms with Crippen molar-refractivity contribution in [2.45, 2.75) is 30.8 Å². The van der Waals surface area contributed by atoms with Gasteiger partial charge < -0.3 is 5.32 Å². The molecule has 5 aromatic rings. The average molecular weight is 488 g/mol. The van der Waals surface area contributed by atoms with Gasteiger partial charge in [0.05, 0.1) is 21.8 Å². The number of halogens is 1. The number of amides is 1. The van der Waals surface area contributed by atoms with Crippen LogP contribution < -0.4 is 10.9 Å². The van der Waals surface area contributed by atoms with Crippen molar-refractivity contribution in [3.63, 3.8) is 0 Å². The van der Waals surface area contributed by atoms with E-state index in [4.69, 9.17) is 0 Å². The molecule has 176 valence electrons. The van der Waals surface area contributed by atoms with Crippen molar-refractivity contribution in [3.05, 3.63) is 100 Å². The molecule has 0 saturated heterocycles. The lowest BCUT2D eigenvalue weighted by Gasteiger charge is -2.14. The maximum atomic E-state index is 13.5. The van der Waals surface area contributed by atoms with Crippen molar-refractivity contribution in [1.82, 2.24) is 24.5 Å². The second-order valence-electron chi connectivity index (χ2n) is 8.17. The summed E-state index contributed by atoms with van der Waals surface area (Å²) in [5.41, 5.74) is 2.94. The second kappa shape index (κ2) is 9.34. The fourth-order valence-electron chi connectivity index (χ4n) is 3.93. The van der Waals surface area contributed by atoms with Crippen LogP contribution in [-0.2, 0) is 11.3 Å². The van der Waals surface area contributed by atoms with Crippen LogP contribution in [0.3, 0.4) is 0 Å². The highest BCUT2D eigenvalue weighted by molar-refractivity contribution is 8.00. The van der Waals surface area contributed by atoms with E-state index >= 15 is 0 Å². The molecule has 7 nitrogen and oxygen atoms in total. The molecule has 0 bridgehead atoms. The smallest absolute Gasteiger partial charge is 0.267 e. The molecule has 1 N–H and O–H groups in total. The van der Waals surface area contributed by atoms with Gasteiger partial charge in [0.25, 0.3) is 5.56 Å². The second-order valence-corrected chi connectivity index (χ2v) is 9.47. The number of carbonyl (C=O) groups is 1. The monoisotopic (exact) mass is 487 g/mol. The van der Waals surface area contributed by atoms with Crippen LogP contribution in [0.2, 0.25) is 0 Å². The zero-order valence-electron chi connectivity index (χ0n) is 19.1. The van der Waals surface area contributed by atoms with E-state index in [2.05, 4.69) is 15.5 Å². The van der Waals surface area contributed by atoms with Crippen LogP contribution in [0.15, 0.2) is 82.7 Å². The number of aromatic nitrogens is 4. The van der Waals surface area contributed by atoms with Crippen LogP contribution in [-0.4, -0.2) is 30.3 Å². The molecule has 2 aromatic heterocycles. The fraction of sp³-hybridized carbons (Fsp3) is 0.154. The molecule has 0 radical (unpaired) electrons. The molecule has 1 unspecified atom stereocenters. The van der Waals surface area contributed by atoms with Gasteiger partial charge in [0, 0.05) is 6.54 Å². The van der Waals surface area contributed by atoms with Crippen LogP contribution in [0.25, 0.3) is 22.4 Å². The molecule has 3 aromatic carbocycles. The first kappa shape index (κ1) is 22.8. The summed E-state index contributed by atoms with van der Waals surface area (Å²) in [4.78, 5) is 26.2. The third-order valence-electron chi connectivity index (χ3n) is 5.78. The minimum Gasteiger partial charge on any atom is -0.351 e. The zero-order valence-corrected chi connectivity index (χ0v) is 19.9. The highest BCUT2D eigenvalue weighted by atomic mass is 32.2. The van der Waals surface area contributed by atoms with Crippen molar-refractivity contribution in [2.75, 3.05) is 0 Å². The van der Waals surface area contributed by atoms with Gasteiger partial charge in [0.15, 0.2) is 5.16 Å². The average Bonchev–Trinajstić information content (AvgIpc) is 3.28. The summed E-state index contributed by atoms with van der Waals surface area (Å²) in [7, 11) is 0. The maximum Gasteiger partial charge on any atom is 0.267 e. The SMILES string of the molecule is Cc1ccccc1-n1c(=O)c2ccccc2n2c(SC(C)C(=O)NCc3ccc(F)cc3)nnc12. The first-order valence-corrected chi connectivity index (χ1v) is 12.0. The molecule has 5 rings (SSSR count). The van der Waals surface area contributed by atoms with Crippen LogP contribution in [0, 0.1) is 12.7 Å². The van der Waals surface area contributed by atoms with E-state index < -0.39 is 5.25 Å². The summed E-state index contributed by atoms with van der Waals surface area (Å²) in [6.07, 6.45) is 0. The Morgan fingerprint density at radius 3 is 2.51 bits per heavy atom. The zero-order chi connectivity index (χ0) is 24.5. The number of hydrogen-bond donors (Lipinski definition) is 1. The third-order valence-corrected chi connectivity index (χ3v) is 6.83. The van der Waals surface area contributed by atoms with E-state index in [0.717, 1.165) is 16.8 Å². The largest absolute Gasteiger partial charge is 0.351 e. The molecule has 35 heavy (non-hydrogen) atoms. The van der Waals surface area contributed by atoms with Crippen LogP contribution in [0.1, 0.15) is 18.1 Å². The summed E-state index contributed by atoms with van der Waals surface area (Å²) in [6.45, 7) is 4.01. The third kappa shape index (κ3) is 4.30. The predicted molar refractivity (Wildman–Crippen MR) is 134 cm³/mol. The van der Waals surface area contributed by atoms with Gasteiger partial charge in [-0.2, -0.15) is 0 Å². The molecule has 1 amide bonds. The van der Waals surface area contributed by atoms with Gasteiger partial charge in [-0.3, -0.25) is 14.0 Å². The molecule has 2 heterocycles. The van der Waals surface area contributed by atoms with Crippen molar-refractivity contribution in [2.24, 2.45) is 0 Å². The Balaban J connectivity index is 1.52. The predicted octanol–water partition coefficient (Wildman–Crippen LogP) is 4.28. The van der Waals surface area contributed by atoms with Gasteiger partial charge >= 0.3 is 0 Å². The first-order chi connectivity index (χ1) is 16.9. The van der Waals surface area contributed by atoms with Crippen molar-refractivity contribution in [1.29, 1.82) is 0 Å². The number of hydrogen-bond acceptors (Lipinski definition) is 5.